The summed E-state index contributed by atoms with van der Waals surface area (Å²) in [7, 11) is 0. The molecule has 0 radical (unpaired) electrons. The lowest BCUT2D eigenvalue weighted by molar-refractivity contribution is 0.0956. The van der Waals surface area contributed by atoms with Crippen molar-refractivity contribution in [1.29, 1.82) is 0 Å². The van der Waals surface area contributed by atoms with Gasteiger partial charge in [0.25, 0.3) is 0 Å². The van der Waals surface area contributed by atoms with Crippen molar-refractivity contribution in [1.82, 2.24) is 0 Å². The van der Waals surface area contributed by atoms with Gasteiger partial charge in [-0.05, 0) is 35.0 Å². The summed E-state index contributed by atoms with van der Waals surface area (Å²) < 4.78 is 5.68. The van der Waals surface area contributed by atoms with Gasteiger partial charge in [-0.15, -0.1) is 11.8 Å². The van der Waals surface area contributed by atoms with E-state index in [2.05, 4.69) is 27.8 Å². The van der Waals surface area contributed by atoms with E-state index < -0.39 is 0 Å². The first-order valence-corrected chi connectivity index (χ1v) is 4.71. The number of hydrogen-bond acceptors (Lipinski definition) is 2. The maximum Gasteiger partial charge on any atom is 0.198 e. The van der Waals surface area contributed by atoms with E-state index in [1.54, 1.807) is 19.1 Å². The quantitative estimate of drug-likeness (QED) is 0.601. The van der Waals surface area contributed by atoms with E-state index in [9.17, 15) is 4.79 Å². The monoisotopic (exact) mass is 240 g/mol. The minimum atomic E-state index is -0.00606. The van der Waals surface area contributed by atoms with Crippen molar-refractivity contribution < 1.29 is 9.21 Å². The third-order valence-electron chi connectivity index (χ3n) is 1.50. The van der Waals surface area contributed by atoms with Gasteiger partial charge in [0.1, 0.15) is 0 Å². The fourth-order valence-electron chi connectivity index (χ4n) is 0.888. The van der Waals surface area contributed by atoms with Crippen molar-refractivity contribution >= 4 is 21.7 Å². The minimum absolute atomic E-state index is 0.00606. The zero-order chi connectivity index (χ0) is 9.68. The molecule has 0 aliphatic heterocycles. The summed E-state index contributed by atoms with van der Waals surface area (Å²) in [4.78, 5) is 11.4. The van der Waals surface area contributed by atoms with Crippen molar-refractivity contribution in [2.24, 2.45) is 0 Å². The van der Waals surface area contributed by atoms with E-state index >= 15 is 0 Å². The predicted octanol–water partition coefficient (Wildman–Crippen LogP) is 3.03. The molecule has 1 heterocycles. The second-order valence-corrected chi connectivity index (χ2v) is 3.24. The smallest absolute Gasteiger partial charge is 0.198 e. The first-order chi connectivity index (χ1) is 6.24. The van der Waals surface area contributed by atoms with E-state index in [1.165, 1.54) is 0 Å². The first-order valence-electron chi connectivity index (χ1n) is 3.92. The number of rotatable bonds is 3. The van der Waals surface area contributed by atoms with Crippen LogP contribution < -0.4 is 0 Å². The lowest BCUT2D eigenvalue weighted by atomic mass is 10.2. The third kappa shape index (κ3) is 3.08. The van der Waals surface area contributed by atoms with Gasteiger partial charge < -0.3 is 4.42 Å². The maximum absolute atomic E-state index is 11.4. The summed E-state index contributed by atoms with van der Waals surface area (Å²) in [6, 6.07) is 3.37. The highest BCUT2D eigenvalue weighted by atomic mass is 79.9. The van der Waals surface area contributed by atoms with Crippen LogP contribution >= 0.6 is 15.9 Å². The number of halogens is 1. The molecule has 0 aliphatic carbocycles. The van der Waals surface area contributed by atoms with Crippen molar-refractivity contribution in [3.05, 3.63) is 22.6 Å². The largest absolute Gasteiger partial charge is 0.446 e. The summed E-state index contributed by atoms with van der Waals surface area (Å²) in [5, 5.41) is 0. The van der Waals surface area contributed by atoms with Gasteiger partial charge in [0.15, 0.2) is 16.2 Å². The number of carbonyl (C=O) groups excluding carboxylic acids is 1. The van der Waals surface area contributed by atoms with E-state index in [0.29, 0.717) is 23.3 Å². The topological polar surface area (TPSA) is 30.2 Å². The maximum atomic E-state index is 11.4. The molecular formula is C10H9BrO2. The normalized spacial score (nSPS) is 9.08. The Balaban J connectivity index is 2.52. The SMILES string of the molecule is CC#CCCC(=O)c1ccc(Br)o1. The fraction of sp³-hybridized carbons (Fsp3) is 0.300. The number of Topliss-reactive ketones (excluding diaryl/α,β-unsaturated/α-hetero) is 1. The van der Waals surface area contributed by atoms with Gasteiger partial charge in [0.2, 0.25) is 0 Å². The van der Waals surface area contributed by atoms with Crippen LogP contribution in [0.15, 0.2) is 21.2 Å². The molecular weight excluding hydrogens is 232 g/mol. The Morgan fingerprint density at radius 1 is 1.62 bits per heavy atom. The molecule has 0 atom stereocenters. The van der Waals surface area contributed by atoms with Crippen LogP contribution in [0.3, 0.4) is 0 Å². The summed E-state index contributed by atoms with van der Waals surface area (Å²) in [6.07, 6.45) is 1.01. The summed E-state index contributed by atoms with van der Waals surface area (Å²) in [6.45, 7) is 1.76. The molecule has 0 amide bonds. The molecule has 1 rings (SSSR count). The zero-order valence-corrected chi connectivity index (χ0v) is 8.85. The molecule has 0 aliphatic rings. The molecule has 3 heteroatoms. The van der Waals surface area contributed by atoms with Crippen LogP contribution in [0.2, 0.25) is 0 Å². The Kier molecular flexibility index (Phi) is 3.78. The van der Waals surface area contributed by atoms with Crippen LogP contribution in [-0.4, -0.2) is 5.78 Å². The van der Waals surface area contributed by atoms with Crippen LogP contribution in [0.5, 0.6) is 0 Å². The molecule has 0 unspecified atom stereocenters. The molecule has 0 spiro atoms. The highest BCUT2D eigenvalue weighted by Crippen LogP contribution is 2.15. The van der Waals surface area contributed by atoms with Gasteiger partial charge in [-0.1, -0.05) is 0 Å². The molecule has 0 saturated carbocycles. The fourth-order valence-corrected chi connectivity index (χ4v) is 1.19. The Hall–Kier alpha value is -1.01. The molecule has 0 aromatic carbocycles. The van der Waals surface area contributed by atoms with E-state index in [0.717, 1.165) is 0 Å². The molecule has 68 valence electrons. The second-order valence-electron chi connectivity index (χ2n) is 2.45. The van der Waals surface area contributed by atoms with Gasteiger partial charge in [-0.2, -0.15) is 0 Å². The van der Waals surface area contributed by atoms with Crippen molar-refractivity contribution in [2.45, 2.75) is 19.8 Å². The highest BCUT2D eigenvalue weighted by Gasteiger charge is 2.08. The molecule has 1 aromatic heterocycles. The standard InChI is InChI=1S/C10H9BrO2/c1-2-3-4-5-8(12)9-6-7-10(11)13-9/h6-7H,4-5H2,1H3. The molecule has 0 fully saturated rings. The van der Waals surface area contributed by atoms with Gasteiger partial charge in [-0.25, -0.2) is 0 Å². The first kappa shape index (κ1) is 10.1. The van der Waals surface area contributed by atoms with E-state index in [1.807, 2.05) is 0 Å². The van der Waals surface area contributed by atoms with Crippen LogP contribution in [0.25, 0.3) is 0 Å². The molecule has 0 N–H and O–H groups in total. The van der Waals surface area contributed by atoms with E-state index in [4.69, 9.17) is 4.42 Å². The molecule has 1 aromatic rings. The van der Waals surface area contributed by atoms with E-state index in [-0.39, 0.29) is 5.78 Å². The second kappa shape index (κ2) is 4.88. The Morgan fingerprint density at radius 3 is 2.92 bits per heavy atom. The average molecular weight is 241 g/mol. The van der Waals surface area contributed by atoms with Gasteiger partial charge in [0, 0.05) is 12.8 Å². The average Bonchev–Trinajstić information content (AvgIpc) is 2.52. The van der Waals surface area contributed by atoms with Crippen molar-refractivity contribution in [3.8, 4) is 11.8 Å². The number of furan rings is 1. The van der Waals surface area contributed by atoms with Crippen LogP contribution in [-0.2, 0) is 0 Å². The molecule has 13 heavy (non-hydrogen) atoms. The Morgan fingerprint density at radius 2 is 2.38 bits per heavy atom. The number of carbonyl (C=O) groups is 1. The minimum Gasteiger partial charge on any atom is -0.446 e. The molecule has 0 bridgehead atoms. The summed E-state index contributed by atoms with van der Waals surface area (Å²) in [5.41, 5.74) is 0. The van der Waals surface area contributed by atoms with Crippen LogP contribution in [0, 0.1) is 11.8 Å². The molecule has 0 saturated heterocycles. The van der Waals surface area contributed by atoms with Crippen molar-refractivity contribution in [3.63, 3.8) is 0 Å². The molecule has 2 nitrogen and oxygen atoms in total. The van der Waals surface area contributed by atoms with Gasteiger partial charge >= 0.3 is 0 Å². The lowest BCUT2D eigenvalue weighted by Crippen LogP contribution is -1.95. The summed E-state index contributed by atoms with van der Waals surface area (Å²) >= 11 is 3.14. The summed E-state index contributed by atoms with van der Waals surface area (Å²) in [5.74, 6) is 5.96. The van der Waals surface area contributed by atoms with Crippen LogP contribution in [0.1, 0.15) is 30.3 Å². The lowest BCUT2D eigenvalue weighted by Gasteiger charge is -1.91. The van der Waals surface area contributed by atoms with Crippen molar-refractivity contribution in [2.75, 3.05) is 0 Å². The van der Waals surface area contributed by atoms with Gasteiger partial charge in [-0.3, -0.25) is 4.79 Å². The van der Waals surface area contributed by atoms with Gasteiger partial charge in [0.05, 0.1) is 0 Å². The zero-order valence-electron chi connectivity index (χ0n) is 7.26. The highest BCUT2D eigenvalue weighted by molar-refractivity contribution is 9.10. The third-order valence-corrected chi connectivity index (χ3v) is 1.93. The number of ketones is 1. The Bertz CT molecular complexity index is 354. The Labute approximate surface area is 85.4 Å². The predicted molar refractivity (Wildman–Crippen MR) is 53.4 cm³/mol. The number of hydrogen-bond donors (Lipinski definition) is 0. The van der Waals surface area contributed by atoms with Crippen LogP contribution in [0.4, 0.5) is 0 Å².